The predicted molar refractivity (Wildman–Crippen MR) is 44.1 cm³/mol. The van der Waals surface area contributed by atoms with Gasteiger partial charge in [0.2, 0.25) is 0 Å². The molecule has 11 heavy (non-hydrogen) atoms. The average molecular weight is 201 g/mol. The molecular formula is C6H10KO3S. The van der Waals surface area contributed by atoms with E-state index in [1.807, 2.05) is 0 Å². The smallest absolute Gasteiger partial charge is 0.270 e. The molecule has 0 heterocycles. The van der Waals surface area contributed by atoms with Crippen LogP contribution in [0.1, 0.15) is 19.3 Å². The molecule has 1 N–H and O–H groups in total. The summed E-state index contributed by atoms with van der Waals surface area (Å²) in [6.45, 7) is 3.42. The van der Waals surface area contributed by atoms with Crippen molar-refractivity contribution >= 4 is 61.5 Å². The van der Waals surface area contributed by atoms with E-state index in [9.17, 15) is 8.42 Å². The first-order chi connectivity index (χ1) is 4.52. The SMILES string of the molecule is C=CCC1(S(=O)(=O)O)CC1.[K]. The molecule has 0 amide bonds. The van der Waals surface area contributed by atoms with Crippen LogP contribution in [0.5, 0.6) is 0 Å². The summed E-state index contributed by atoms with van der Waals surface area (Å²) in [7, 11) is -3.82. The van der Waals surface area contributed by atoms with Gasteiger partial charge < -0.3 is 0 Å². The molecule has 1 rings (SSSR count). The van der Waals surface area contributed by atoms with Crippen LogP contribution in [0.25, 0.3) is 0 Å². The first-order valence-electron chi connectivity index (χ1n) is 3.10. The van der Waals surface area contributed by atoms with Gasteiger partial charge in [0.15, 0.2) is 0 Å². The van der Waals surface area contributed by atoms with E-state index in [0.717, 1.165) is 0 Å². The van der Waals surface area contributed by atoms with Gasteiger partial charge in [-0.3, -0.25) is 4.55 Å². The van der Waals surface area contributed by atoms with E-state index in [1.54, 1.807) is 0 Å². The third-order valence-electron chi connectivity index (χ3n) is 1.87. The van der Waals surface area contributed by atoms with E-state index in [0.29, 0.717) is 19.3 Å². The second-order valence-electron chi connectivity index (χ2n) is 2.65. The minimum atomic E-state index is -3.82. The van der Waals surface area contributed by atoms with Gasteiger partial charge in [-0.25, -0.2) is 0 Å². The van der Waals surface area contributed by atoms with E-state index >= 15 is 0 Å². The Morgan fingerprint density at radius 1 is 1.55 bits per heavy atom. The first kappa shape index (κ1) is 12.3. The molecule has 0 bridgehead atoms. The number of hydrogen-bond donors (Lipinski definition) is 1. The van der Waals surface area contributed by atoms with Crippen molar-refractivity contribution < 1.29 is 13.0 Å². The van der Waals surface area contributed by atoms with Crippen molar-refractivity contribution in [2.75, 3.05) is 0 Å². The Hall–Kier alpha value is 1.29. The van der Waals surface area contributed by atoms with Crippen molar-refractivity contribution in [3.8, 4) is 0 Å². The zero-order valence-corrected chi connectivity index (χ0v) is 10.5. The van der Waals surface area contributed by atoms with Crippen molar-refractivity contribution in [1.82, 2.24) is 0 Å². The molecule has 1 saturated carbocycles. The predicted octanol–water partition coefficient (Wildman–Crippen LogP) is 0.602. The molecule has 1 aliphatic carbocycles. The molecule has 1 aliphatic rings. The topological polar surface area (TPSA) is 54.4 Å². The minimum Gasteiger partial charge on any atom is -0.285 e. The van der Waals surface area contributed by atoms with E-state index in [-0.39, 0.29) is 51.4 Å². The fraction of sp³-hybridized carbons (Fsp3) is 0.667. The monoisotopic (exact) mass is 201 g/mol. The number of allylic oxidation sites excluding steroid dienone is 1. The summed E-state index contributed by atoms with van der Waals surface area (Å²) in [5.74, 6) is 0. The summed E-state index contributed by atoms with van der Waals surface area (Å²) in [5.41, 5.74) is 0. The molecule has 0 unspecified atom stereocenters. The van der Waals surface area contributed by atoms with Crippen LogP contribution in [0.15, 0.2) is 12.7 Å². The molecule has 5 heteroatoms. The third kappa shape index (κ3) is 2.62. The molecule has 0 aliphatic heterocycles. The zero-order valence-electron chi connectivity index (χ0n) is 6.58. The maximum absolute atomic E-state index is 10.6. The van der Waals surface area contributed by atoms with Crippen molar-refractivity contribution in [3.63, 3.8) is 0 Å². The van der Waals surface area contributed by atoms with Gasteiger partial charge in [-0.2, -0.15) is 8.42 Å². The summed E-state index contributed by atoms with van der Waals surface area (Å²) < 4.78 is 29.0. The summed E-state index contributed by atoms with van der Waals surface area (Å²) in [6.07, 6.45) is 3.03. The van der Waals surface area contributed by atoms with Crippen molar-refractivity contribution in [2.45, 2.75) is 24.0 Å². The Kier molecular flexibility index (Phi) is 4.46. The summed E-state index contributed by atoms with van der Waals surface area (Å²) >= 11 is 0. The quantitative estimate of drug-likeness (QED) is 0.413. The maximum atomic E-state index is 10.6. The first-order valence-corrected chi connectivity index (χ1v) is 4.54. The minimum absolute atomic E-state index is 0. The molecule has 3 nitrogen and oxygen atoms in total. The fourth-order valence-electron chi connectivity index (χ4n) is 0.970. The van der Waals surface area contributed by atoms with Crippen molar-refractivity contribution in [1.29, 1.82) is 0 Å². The second kappa shape index (κ2) is 4.00. The number of hydrogen-bond acceptors (Lipinski definition) is 2. The molecule has 0 aromatic carbocycles. The Morgan fingerprint density at radius 2 is 2.00 bits per heavy atom. The Balaban J connectivity index is 0.000001000. The van der Waals surface area contributed by atoms with Crippen LogP contribution < -0.4 is 0 Å². The normalized spacial score (nSPS) is 20.1. The molecule has 0 saturated heterocycles. The molecule has 1 radical (unpaired) electrons. The molecular weight excluding hydrogens is 191 g/mol. The van der Waals surface area contributed by atoms with Crippen LogP contribution in [0, 0.1) is 0 Å². The van der Waals surface area contributed by atoms with Gasteiger partial charge in [0.25, 0.3) is 10.1 Å². The van der Waals surface area contributed by atoms with E-state index in [2.05, 4.69) is 6.58 Å². The molecule has 0 aromatic rings. The van der Waals surface area contributed by atoms with Crippen LogP contribution in [0.4, 0.5) is 0 Å². The molecule has 0 atom stereocenters. The largest absolute Gasteiger partial charge is 0.285 e. The van der Waals surface area contributed by atoms with Gasteiger partial charge in [-0.15, -0.1) is 6.58 Å². The Bertz CT molecular complexity index is 241. The third-order valence-corrected chi connectivity index (χ3v) is 3.54. The van der Waals surface area contributed by atoms with Crippen LogP contribution >= 0.6 is 0 Å². The summed E-state index contributed by atoms with van der Waals surface area (Å²) in [6, 6.07) is 0. The van der Waals surface area contributed by atoms with Crippen LogP contribution in [0.2, 0.25) is 0 Å². The van der Waals surface area contributed by atoms with E-state index in [1.165, 1.54) is 6.08 Å². The standard InChI is InChI=1S/C6H10O3S.K/c1-2-3-6(4-5-6)10(7,8)9;/h2H,1,3-5H2,(H,7,8,9);. The zero-order chi connectivity index (χ0) is 7.83. The fourth-order valence-corrected chi connectivity index (χ4v) is 1.92. The van der Waals surface area contributed by atoms with Gasteiger partial charge in [0, 0.05) is 51.4 Å². The summed E-state index contributed by atoms with van der Waals surface area (Å²) in [4.78, 5) is 0. The molecule has 0 aromatic heterocycles. The van der Waals surface area contributed by atoms with Crippen molar-refractivity contribution in [2.24, 2.45) is 0 Å². The van der Waals surface area contributed by atoms with Crippen molar-refractivity contribution in [3.05, 3.63) is 12.7 Å². The molecule has 0 spiro atoms. The Labute approximate surface area is 109 Å². The Morgan fingerprint density at radius 3 is 2.09 bits per heavy atom. The number of rotatable bonds is 3. The average Bonchev–Trinajstić information content (AvgIpc) is 2.45. The van der Waals surface area contributed by atoms with E-state index < -0.39 is 14.9 Å². The van der Waals surface area contributed by atoms with Crippen LogP contribution in [0.3, 0.4) is 0 Å². The van der Waals surface area contributed by atoms with Gasteiger partial charge >= 0.3 is 0 Å². The van der Waals surface area contributed by atoms with E-state index in [4.69, 9.17) is 4.55 Å². The van der Waals surface area contributed by atoms with Gasteiger partial charge in [-0.1, -0.05) is 6.08 Å². The van der Waals surface area contributed by atoms with Gasteiger partial charge in [-0.05, 0) is 19.3 Å². The maximum Gasteiger partial charge on any atom is 0.270 e. The second-order valence-corrected chi connectivity index (χ2v) is 4.47. The molecule has 1 fully saturated rings. The van der Waals surface area contributed by atoms with Crippen LogP contribution in [-0.4, -0.2) is 69.1 Å². The molecule has 59 valence electrons. The van der Waals surface area contributed by atoms with Gasteiger partial charge in [0.05, 0.1) is 0 Å². The summed E-state index contributed by atoms with van der Waals surface area (Å²) in [5, 5.41) is 0. The van der Waals surface area contributed by atoms with Gasteiger partial charge in [0.1, 0.15) is 4.75 Å². The van der Waals surface area contributed by atoms with Crippen LogP contribution in [-0.2, 0) is 10.1 Å².